The summed E-state index contributed by atoms with van der Waals surface area (Å²) in [5.41, 5.74) is 6.17. The largest absolute Gasteiger partial charge is 0.462 e. The lowest BCUT2D eigenvalue weighted by atomic mass is 10.1. The molecule has 1 aromatic carbocycles. The zero-order valence-corrected chi connectivity index (χ0v) is 12.6. The van der Waals surface area contributed by atoms with E-state index in [-0.39, 0.29) is 16.3 Å². The van der Waals surface area contributed by atoms with Crippen molar-refractivity contribution in [1.82, 2.24) is 0 Å². The fraction of sp³-hybridized carbons (Fsp3) is 0.500. The number of anilines is 1. The molecule has 0 aliphatic rings. The Bertz CT molecular complexity index is 436. The Balaban J connectivity index is 2.46. The van der Waals surface area contributed by atoms with Crippen LogP contribution in [0.2, 0.25) is 10.0 Å². The van der Waals surface area contributed by atoms with Crippen LogP contribution in [0.5, 0.6) is 0 Å². The first-order valence-electron chi connectivity index (χ1n) is 6.48. The van der Waals surface area contributed by atoms with Gasteiger partial charge in [0.1, 0.15) is 0 Å². The molecule has 0 aliphatic carbocycles. The standard InChI is InChI=1S/C14H19Cl2NO2/c1-2-3-4-5-6-7-19-14(18)11-8-10(15)9-12(16)13(11)17/h8-9H,2-7,17H2,1H3. The molecule has 0 atom stereocenters. The van der Waals surface area contributed by atoms with Gasteiger partial charge in [-0.3, -0.25) is 0 Å². The van der Waals surface area contributed by atoms with E-state index in [1.807, 2.05) is 0 Å². The van der Waals surface area contributed by atoms with Crippen LogP contribution in [0.3, 0.4) is 0 Å². The minimum atomic E-state index is -0.475. The minimum Gasteiger partial charge on any atom is -0.462 e. The van der Waals surface area contributed by atoms with Crippen LogP contribution in [-0.4, -0.2) is 12.6 Å². The molecule has 19 heavy (non-hydrogen) atoms. The lowest BCUT2D eigenvalue weighted by molar-refractivity contribution is 0.0499. The number of benzene rings is 1. The van der Waals surface area contributed by atoms with Crippen molar-refractivity contribution in [3.05, 3.63) is 27.7 Å². The van der Waals surface area contributed by atoms with Crippen molar-refractivity contribution < 1.29 is 9.53 Å². The Morgan fingerprint density at radius 2 is 1.89 bits per heavy atom. The van der Waals surface area contributed by atoms with E-state index in [0.29, 0.717) is 11.6 Å². The first kappa shape index (κ1) is 16.1. The van der Waals surface area contributed by atoms with E-state index in [1.165, 1.54) is 31.4 Å². The van der Waals surface area contributed by atoms with E-state index in [1.54, 1.807) is 0 Å². The van der Waals surface area contributed by atoms with Crippen LogP contribution in [0.4, 0.5) is 5.69 Å². The van der Waals surface area contributed by atoms with Gasteiger partial charge < -0.3 is 10.5 Å². The van der Waals surface area contributed by atoms with Crippen molar-refractivity contribution in [1.29, 1.82) is 0 Å². The number of carbonyl (C=O) groups excluding carboxylic acids is 1. The molecular formula is C14H19Cl2NO2. The predicted molar refractivity (Wildman–Crippen MR) is 79.9 cm³/mol. The first-order chi connectivity index (χ1) is 9.06. The summed E-state index contributed by atoms with van der Waals surface area (Å²) in [5.74, 6) is -0.475. The molecule has 0 saturated heterocycles. The highest BCUT2D eigenvalue weighted by Crippen LogP contribution is 2.28. The van der Waals surface area contributed by atoms with Gasteiger partial charge in [0.25, 0.3) is 0 Å². The molecule has 0 heterocycles. The number of rotatable bonds is 7. The van der Waals surface area contributed by atoms with Gasteiger partial charge in [-0.25, -0.2) is 4.79 Å². The number of hydrogen-bond acceptors (Lipinski definition) is 3. The maximum absolute atomic E-state index is 11.8. The van der Waals surface area contributed by atoms with Crippen molar-refractivity contribution in [2.45, 2.75) is 39.0 Å². The monoisotopic (exact) mass is 303 g/mol. The minimum absolute atomic E-state index is 0.210. The van der Waals surface area contributed by atoms with E-state index in [9.17, 15) is 4.79 Å². The summed E-state index contributed by atoms with van der Waals surface area (Å²) in [6.07, 6.45) is 5.49. The van der Waals surface area contributed by atoms with Gasteiger partial charge in [0.2, 0.25) is 0 Å². The lowest BCUT2D eigenvalue weighted by Crippen LogP contribution is -2.09. The normalized spacial score (nSPS) is 10.5. The first-order valence-corrected chi connectivity index (χ1v) is 7.23. The Hall–Kier alpha value is -0.930. The highest BCUT2D eigenvalue weighted by Gasteiger charge is 2.14. The van der Waals surface area contributed by atoms with E-state index in [0.717, 1.165) is 12.8 Å². The zero-order chi connectivity index (χ0) is 14.3. The van der Waals surface area contributed by atoms with Crippen LogP contribution in [0.15, 0.2) is 12.1 Å². The van der Waals surface area contributed by atoms with Gasteiger partial charge in [-0.2, -0.15) is 0 Å². The van der Waals surface area contributed by atoms with Gasteiger partial charge in [-0.15, -0.1) is 0 Å². The molecule has 0 aliphatic heterocycles. The van der Waals surface area contributed by atoms with Gasteiger partial charge in [0.15, 0.2) is 0 Å². The summed E-state index contributed by atoms with van der Waals surface area (Å²) >= 11 is 11.7. The summed E-state index contributed by atoms with van der Waals surface area (Å²) in [7, 11) is 0. The molecular weight excluding hydrogens is 285 g/mol. The van der Waals surface area contributed by atoms with Crippen LogP contribution in [-0.2, 0) is 4.74 Å². The van der Waals surface area contributed by atoms with Crippen LogP contribution in [0, 0.1) is 0 Å². The molecule has 0 saturated carbocycles. The van der Waals surface area contributed by atoms with E-state index >= 15 is 0 Å². The number of carbonyl (C=O) groups is 1. The van der Waals surface area contributed by atoms with Crippen LogP contribution < -0.4 is 5.73 Å². The number of esters is 1. The second kappa shape index (κ2) is 8.28. The molecule has 0 radical (unpaired) electrons. The Labute approximate surface area is 124 Å². The van der Waals surface area contributed by atoms with E-state index < -0.39 is 5.97 Å². The Morgan fingerprint density at radius 3 is 2.58 bits per heavy atom. The van der Waals surface area contributed by atoms with Crippen molar-refractivity contribution in [3.8, 4) is 0 Å². The lowest BCUT2D eigenvalue weighted by Gasteiger charge is -2.08. The smallest absolute Gasteiger partial charge is 0.340 e. The number of nitrogen functional groups attached to an aromatic ring is 1. The van der Waals surface area contributed by atoms with Gasteiger partial charge in [0.05, 0.1) is 22.9 Å². The Kier molecular flexibility index (Phi) is 7.03. The second-order valence-corrected chi connectivity index (χ2v) is 5.24. The fourth-order valence-electron chi connectivity index (χ4n) is 1.70. The van der Waals surface area contributed by atoms with Crippen molar-refractivity contribution in [3.63, 3.8) is 0 Å². The zero-order valence-electron chi connectivity index (χ0n) is 11.0. The number of halogens is 2. The average Bonchev–Trinajstić information content (AvgIpc) is 2.37. The fourth-order valence-corrected chi connectivity index (χ4v) is 2.20. The van der Waals surface area contributed by atoms with Crippen LogP contribution in [0.1, 0.15) is 49.4 Å². The second-order valence-electron chi connectivity index (χ2n) is 4.40. The number of hydrogen-bond donors (Lipinski definition) is 1. The summed E-state index contributed by atoms with van der Waals surface area (Å²) in [6, 6.07) is 2.97. The van der Waals surface area contributed by atoms with Crippen LogP contribution in [0.25, 0.3) is 0 Å². The molecule has 5 heteroatoms. The molecule has 1 aromatic rings. The number of unbranched alkanes of at least 4 members (excludes halogenated alkanes) is 4. The van der Waals surface area contributed by atoms with Crippen molar-refractivity contribution in [2.75, 3.05) is 12.3 Å². The average molecular weight is 304 g/mol. The molecule has 2 N–H and O–H groups in total. The third kappa shape index (κ3) is 5.29. The third-order valence-electron chi connectivity index (χ3n) is 2.80. The highest BCUT2D eigenvalue weighted by molar-refractivity contribution is 6.37. The highest BCUT2D eigenvalue weighted by atomic mass is 35.5. The topological polar surface area (TPSA) is 52.3 Å². The molecule has 0 aromatic heterocycles. The molecule has 0 spiro atoms. The summed E-state index contributed by atoms with van der Waals surface area (Å²) in [4.78, 5) is 11.8. The molecule has 0 amide bonds. The van der Waals surface area contributed by atoms with Crippen molar-refractivity contribution >= 4 is 34.9 Å². The van der Waals surface area contributed by atoms with E-state index in [2.05, 4.69) is 6.92 Å². The molecule has 0 unspecified atom stereocenters. The van der Waals surface area contributed by atoms with Crippen LogP contribution >= 0.6 is 23.2 Å². The van der Waals surface area contributed by atoms with Gasteiger partial charge >= 0.3 is 5.97 Å². The number of nitrogens with two attached hydrogens (primary N) is 1. The van der Waals surface area contributed by atoms with Gasteiger partial charge in [-0.05, 0) is 18.6 Å². The van der Waals surface area contributed by atoms with Gasteiger partial charge in [0, 0.05) is 5.02 Å². The third-order valence-corrected chi connectivity index (χ3v) is 3.33. The molecule has 0 bridgehead atoms. The SMILES string of the molecule is CCCCCCCOC(=O)c1cc(Cl)cc(Cl)c1N. The maximum atomic E-state index is 11.8. The molecule has 3 nitrogen and oxygen atoms in total. The molecule has 106 valence electrons. The summed E-state index contributed by atoms with van der Waals surface area (Å²) in [6.45, 7) is 2.55. The quantitative estimate of drug-likeness (QED) is 0.451. The van der Waals surface area contributed by atoms with Crippen molar-refractivity contribution in [2.24, 2.45) is 0 Å². The maximum Gasteiger partial charge on any atom is 0.340 e. The summed E-state index contributed by atoms with van der Waals surface area (Å²) in [5, 5.41) is 0.636. The van der Waals surface area contributed by atoms with E-state index in [4.69, 9.17) is 33.7 Å². The van der Waals surface area contributed by atoms with Gasteiger partial charge in [-0.1, -0.05) is 55.8 Å². The summed E-state index contributed by atoms with van der Waals surface area (Å²) < 4.78 is 5.16. The predicted octanol–water partition coefficient (Wildman–Crippen LogP) is 4.70. The Morgan fingerprint density at radius 1 is 1.21 bits per heavy atom. The molecule has 0 fully saturated rings. The number of ether oxygens (including phenoxy) is 1. The molecule has 1 rings (SSSR count).